The third kappa shape index (κ3) is 4.57. The van der Waals surface area contributed by atoms with Gasteiger partial charge in [-0.15, -0.1) is 0 Å². The number of hydrogen-bond donors (Lipinski definition) is 1. The van der Waals surface area contributed by atoms with Crippen molar-refractivity contribution in [2.75, 3.05) is 6.54 Å². The molecule has 0 saturated heterocycles. The van der Waals surface area contributed by atoms with Crippen molar-refractivity contribution in [2.45, 2.75) is 32.6 Å². The zero-order valence-corrected chi connectivity index (χ0v) is 11.9. The van der Waals surface area contributed by atoms with Gasteiger partial charge in [-0.2, -0.15) is 0 Å². The van der Waals surface area contributed by atoms with Crippen LogP contribution < -0.4 is 5.32 Å². The van der Waals surface area contributed by atoms with Crippen molar-refractivity contribution >= 4 is 5.91 Å². The molecule has 0 bridgehead atoms. The van der Waals surface area contributed by atoms with Crippen LogP contribution in [-0.2, 0) is 24.1 Å². The maximum atomic E-state index is 11.7. The summed E-state index contributed by atoms with van der Waals surface area (Å²) in [6.07, 6.45) is 4.76. The normalized spacial score (nSPS) is 10.4. The van der Waals surface area contributed by atoms with Gasteiger partial charge in [-0.05, 0) is 36.1 Å². The first kappa shape index (κ1) is 14.4. The van der Waals surface area contributed by atoms with Crippen LogP contribution in [0.25, 0.3) is 0 Å². The molecule has 1 aromatic heterocycles. The fourth-order valence-corrected chi connectivity index (χ4v) is 2.07. The zero-order valence-electron chi connectivity index (χ0n) is 11.9. The lowest BCUT2D eigenvalue weighted by Crippen LogP contribution is -2.25. The predicted octanol–water partition coefficient (Wildman–Crippen LogP) is 3.13. The molecule has 0 unspecified atom stereocenters. The molecule has 106 valence electrons. The lowest BCUT2D eigenvalue weighted by molar-refractivity contribution is -0.121. The van der Waals surface area contributed by atoms with E-state index in [1.165, 1.54) is 11.1 Å². The fourth-order valence-electron chi connectivity index (χ4n) is 2.07. The van der Waals surface area contributed by atoms with Crippen molar-refractivity contribution in [1.29, 1.82) is 0 Å². The van der Waals surface area contributed by atoms with Crippen molar-refractivity contribution in [3.8, 4) is 0 Å². The van der Waals surface area contributed by atoms with Gasteiger partial charge in [0, 0.05) is 19.4 Å². The van der Waals surface area contributed by atoms with Crippen molar-refractivity contribution in [1.82, 2.24) is 5.32 Å². The third-order valence-corrected chi connectivity index (χ3v) is 3.35. The zero-order chi connectivity index (χ0) is 14.2. The maximum absolute atomic E-state index is 11.7. The van der Waals surface area contributed by atoms with E-state index in [1.54, 1.807) is 6.26 Å². The minimum Gasteiger partial charge on any atom is -0.469 e. The van der Waals surface area contributed by atoms with Crippen LogP contribution >= 0.6 is 0 Å². The Morgan fingerprint density at radius 1 is 1.10 bits per heavy atom. The first-order valence-corrected chi connectivity index (χ1v) is 7.15. The molecular formula is C17H21NO2. The molecule has 0 atom stereocenters. The number of furan rings is 1. The number of benzene rings is 1. The average Bonchev–Trinajstić information content (AvgIpc) is 2.99. The highest BCUT2D eigenvalue weighted by Crippen LogP contribution is 2.07. The Labute approximate surface area is 120 Å². The van der Waals surface area contributed by atoms with E-state index in [1.807, 2.05) is 12.1 Å². The maximum Gasteiger partial charge on any atom is 0.220 e. The molecule has 3 heteroatoms. The summed E-state index contributed by atoms with van der Waals surface area (Å²) in [5.41, 5.74) is 2.54. The molecule has 0 aliphatic rings. The van der Waals surface area contributed by atoms with Crippen LogP contribution in [0.1, 0.15) is 30.2 Å². The first-order chi connectivity index (χ1) is 9.78. The molecule has 0 aliphatic carbocycles. The van der Waals surface area contributed by atoms with Gasteiger partial charge in [-0.1, -0.05) is 31.2 Å². The molecule has 1 N–H and O–H groups in total. The fraction of sp³-hybridized carbons (Fsp3) is 0.353. The summed E-state index contributed by atoms with van der Waals surface area (Å²) < 4.78 is 5.22. The molecule has 1 heterocycles. The van der Waals surface area contributed by atoms with Crippen LogP contribution in [0.5, 0.6) is 0 Å². The summed E-state index contributed by atoms with van der Waals surface area (Å²) in [5.74, 6) is 0.997. The summed E-state index contributed by atoms with van der Waals surface area (Å²) in [6.45, 7) is 2.77. The van der Waals surface area contributed by atoms with E-state index in [4.69, 9.17) is 4.42 Å². The monoisotopic (exact) mass is 271 g/mol. The van der Waals surface area contributed by atoms with Gasteiger partial charge in [0.2, 0.25) is 5.91 Å². The number of carbonyl (C=O) groups excluding carboxylic acids is 1. The number of carbonyl (C=O) groups is 1. The predicted molar refractivity (Wildman–Crippen MR) is 79.6 cm³/mol. The van der Waals surface area contributed by atoms with Crippen LogP contribution in [0.15, 0.2) is 47.1 Å². The summed E-state index contributed by atoms with van der Waals surface area (Å²) in [5, 5.41) is 2.91. The Morgan fingerprint density at radius 2 is 1.85 bits per heavy atom. The Hall–Kier alpha value is -2.03. The van der Waals surface area contributed by atoms with Gasteiger partial charge in [0.1, 0.15) is 5.76 Å². The molecule has 0 aliphatic heterocycles. The average molecular weight is 271 g/mol. The lowest BCUT2D eigenvalue weighted by Gasteiger charge is -2.05. The number of amides is 1. The molecule has 0 spiro atoms. The molecule has 0 saturated carbocycles. The van der Waals surface area contributed by atoms with Crippen LogP contribution in [0, 0.1) is 0 Å². The highest BCUT2D eigenvalue weighted by atomic mass is 16.3. The summed E-state index contributed by atoms with van der Waals surface area (Å²) in [7, 11) is 0. The first-order valence-electron chi connectivity index (χ1n) is 7.15. The number of rotatable bonds is 7. The van der Waals surface area contributed by atoms with Gasteiger partial charge in [-0.25, -0.2) is 0 Å². The van der Waals surface area contributed by atoms with Crippen molar-refractivity contribution in [3.05, 3.63) is 59.5 Å². The van der Waals surface area contributed by atoms with Gasteiger partial charge in [0.25, 0.3) is 0 Å². The second-order valence-electron chi connectivity index (χ2n) is 4.85. The minimum absolute atomic E-state index is 0.0936. The van der Waals surface area contributed by atoms with Crippen molar-refractivity contribution < 1.29 is 9.21 Å². The molecule has 3 nitrogen and oxygen atoms in total. The molecule has 0 fully saturated rings. The summed E-state index contributed by atoms with van der Waals surface area (Å²) >= 11 is 0. The highest BCUT2D eigenvalue weighted by molar-refractivity contribution is 5.76. The molecule has 20 heavy (non-hydrogen) atoms. The topological polar surface area (TPSA) is 42.2 Å². The van der Waals surface area contributed by atoms with Crippen LogP contribution in [-0.4, -0.2) is 12.5 Å². The number of nitrogens with one attached hydrogen (secondary N) is 1. The van der Waals surface area contributed by atoms with Crippen LogP contribution in [0.2, 0.25) is 0 Å². The molecule has 0 radical (unpaired) electrons. The SMILES string of the molecule is CCc1ccc(CCC(=O)NCCc2ccco2)cc1. The highest BCUT2D eigenvalue weighted by Gasteiger charge is 2.03. The second kappa shape index (κ2) is 7.53. The van der Waals surface area contributed by atoms with Crippen LogP contribution in [0.3, 0.4) is 0 Å². The largest absolute Gasteiger partial charge is 0.469 e. The lowest BCUT2D eigenvalue weighted by atomic mass is 10.1. The molecule has 2 aromatic rings. The Morgan fingerprint density at radius 3 is 2.50 bits per heavy atom. The Bertz CT molecular complexity index is 514. The standard InChI is InChI=1S/C17H21NO2/c1-2-14-5-7-15(8-6-14)9-10-17(19)18-12-11-16-4-3-13-20-16/h3-8,13H,2,9-12H2,1H3,(H,18,19). The summed E-state index contributed by atoms with van der Waals surface area (Å²) in [4.78, 5) is 11.7. The molecule has 1 amide bonds. The molecular weight excluding hydrogens is 250 g/mol. The van der Waals surface area contributed by atoms with E-state index in [-0.39, 0.29) is 5.91 Å². The third-order valence-electron chi connectivity index (χ3n) is 3.35. The smallest absolute Gasteiger partial charge is 0.220 e. The van der Waals surface area contributed by atoms with E-state index < -0.39 is 0 Å². The minimum atomic E-state index is 0.0936. The number of hydrogen-bond acceptors (Lipinski definition) is 2. The molecule has 1 aromatic carbocycles. The molecule has 2 rings (SSSR count). The van der Waals surface area contributed by atoms with Crippen molar-refractivity contribution in [3.63, 3.8) is 0 Å². The Balaban J connectivity index is 1.66. The quantitative estimate of drug-likeness (QED) is 0.840. The van der Waals surface area contributed by atoms with Crippen molar-refractivity contribution in [2.24, 2.45) is 0 Å². The van der Waals surface area contributed by atoms with Gasteiger partial charge >= 0.3 is 0 Å². The summed E-state index contributed by atoms with van der Waals surface area (Å²) in [6, 6.07) is 12.2. The van der Waals surface area contributed by atoms with Gasteiger partial charge in [-0.3, -0.25) is 4.79 Å². The van der Waals surface area contributed by atoms with Gasteiger partial charge in [0.15, 0.2) is 0 Å². The van der Waals surface area contributed by atoms with E-state index in [9.17, 15) is 4.79 Å². The van der Waals surface area contributed by atoms with E-state index in [2.05, 4.69) is 36.5 Å². The van der Waals surface area contributed by atoms with Crippen LogP contribution in [0.4, 0.5) is 0 Å². The van der Waals surface area contributed by atoms with Gasteiger partial charge in [0.05, 0.1) is 6.26 Å². The van der Waals surface area contributed by atoms with E-state index >= 15 is 0 Å². The van der Waals surface area contributed by atoms with E-state index in [0.29, 0.717) is 13.0 Å². The van der Waals surface area contributed by atoms with Gasteiger partial charge < -0.3 is 9.73 Å². The number of aryl methyl sites for hydroxylation is 2. The van der Waals surface area contributed by atoms with E-state index in [0.717, 1.165) is 25.0 Å². The Kier molecular flexibility index (Phi) is 5.42. The second-order valence-corrected chi connectivity index (χ2v) is 4.85.